The second-order valence-electron chi connectivity index (χ2n) is 10.4. The van der Waals surface area contributed by atoms with Crippen LogP contribution in [0.4, 0.5) is 4.79 Å². The van der Waals surface area contributed by atoms with Crippen LogP contribution in [0.3, 0.4) is 0 Å². The molecule has 1 saturated heterocycles. The molecule has 42 heavy (non-hydrogen) atoms. The van der Waals surface area contributed by atoms with Crippen LogP contribution < -0.4 is 10.4 Å². The average molecular weight is 568 g/mol. The summed E-state index contributed by atoms with van der Waals surface area (Å²) in [4.78, 5) is 47.7. The Kier molecular flexibility index (Phi) is 6.64. The van der Waals surface area contributed by atoms with Crippen molar-refractivity contribution < 1.29 is 24.2 Å². The van der Waals surface area contributed by atoms with Crippen LogP contribution in [0.2, 0.25) is 0 Å². The first-order valence-electron chi connectivity index (χ1n) is 13.5. The van der Waals surface area contributed by atoms with Gasteiger partial charge in [-0.1, -0.05) is 18.2 Å². The van der Waals surface area contributed by atoms with E-state index in [0.717, 1.165) is 27.6 Å². The first kappa shape index (κ1) is 27.0. The van der Waals surface area contributed by atoms with E-state index >= 15 is 0 Å². The van der Waals surface area contributed by atoms with Crippen molar-refractivity contribution in [3.8, 4) is 22.7 Å². The Balaban J connectivity index is 1.45. The number of rotatable bonds is 7. The van der Waals surface area contributed by atoms with Crippen molar-refractivity contribution in [2.75, 3.05) is 26.8 Å². The summed E-state index contributed by atoms with van der Waals surface area (Å²) in [5.41, 5.74) is 4.47. The normalized spacial score (nSPS) is 14.1. The van der Waals surface area contributed by atoms with Crippen LogP contribution in [-0.4, -0.2) is 68.0 Å². The number of pyridine rings is 2. The molecule has 2 aromatic carbocycles. The van der Waals surface area contributed by atoms with E-state index in [0.29, 0.717) is 22.6 Å². The molecule has 0 aliphatic carbocycles. The van der Waals surface area contributed by atoms with E-state index in [2.05, 4.69) is 9.97 Å². The van der Waals surface area contributed by atoms with Gasteiger partial charge in [0.2, 0.25) is 5.88 Å². The smallest absolute Gasteiger partial charge is 0.407 e. The lowest BCUT2D eigenvalue weighted by molar-refractivity contribution is -0.146. The highest BCUT2D eigenvalue weighted by atomic mass is 16.5. The zero-order valence-electron chi connectivity index (χ0n) is 23.4. The van der Waals surface area contributed by atoms with E-state index in [1.54, 1.807) is 48.7 Å². The van der Waals surface area contributed by atoms with E-state index in [-0.39, 0.29) is 37.8 Å². The Labute approximate surface area is 240 Å². The molecule has 214 valence electrons. The first-order valence-corrected chi connectivity index (χ1v) is 13.5. The van der Waals surface area contributed by atoms with Gasteiger partial charge in [0, 0.05) is 48.8 Å². The van der Waals surface area contributed by atoms with Gasteiger partial charge >= 0.3 is 17.8 Å². The molecular weight excluding hydrogens is 538 g/mol. The summed E-state index contributed by atoms with van der Waals surface area (Å²) in [6, 6.07) is 17.0. The van der Waals surface area contributed by atoms with Crippen molar-refractivity contribution in [2.45, 2.75) is 18.8 Å². The standard InChI is InChI=1S/C31H29N5O6/c1-4-42-27(37)14-31(17-35(18-31)30(39)40)21-7-9-22(10-8-21)36-28-23-13-19(20-6-12-26(41-3)33-15-20)5-11-24(23)32-16-25(28)34(2)29(36)38/h5-13,15-16H,4,14,17-18H2,1-3H3,(H,39,40). The quantitative estimate of drug-likeness (QED) is 0.291. The Morgan fingerprint density at radius 2 is 1.74 bits per heavy atom. The second-order valence-corrected chi connectivity index (χ2v) is 10.4. The van der Waals surface area contributed by atoms with Gasteiger partial charge in [-0.2, -0.15) is 0 Å². The summed E-state index contributed by atoms with van der Waals surface area (Å²) in [6.45, 7) is 2.36. The van der Waals surface area contributed by atoms with Gasteiger partial charge in [-0.25, -0.2) is 14.6 Å². The Morgan fingerprint density at radius 3 is 2.38 bits per heavy atom. The molecule has 1 aliphatic rings. The lowest BCUT2D eigenvalue weighted by Crippen LogP contribution is -2.61. The molecular formula is C31H29N5O6. The van der Waals surface area contributed by atoms with Crippen LogP contribution >= 0.6 is 0 Å². The number of likely N-dealkylation sites (tertiary alicyclic amines) is 1. The SMILES string of the molecule is CCOC(=O)CC1(c2ccc(-n3c(=O)n(C)c4cnc5ccc(-c6ccc(OC)nc6)cc5c43)cc2)CN(C(=O)O)C1. The predicted molar refractivity (Wildman–Crippen MR) is 156 cm³/mol. The van der Waals surface area contributed by atoms with Gasteiger partial charge in [0.15, 0.2) is 0 Å². The summed E-state index contributed by atoms with van der Waals surface area (Å²) in [6.07, 6.45) is 2.47. The molecule has 1 N–H and O–H groups in total. The largest absolute Gasteiger partial charge is 0.481 e. The zero-order chi connectivity index (χ0) is 29.6. The molecule has 4 heterocycles. The van der Waals surface area contributed by atoms with Gasteiger partial charge in [0.05, 0.1) is 48.6 Å². The maximum atomic E-state index is 13.6. The van der Waals surface area contributed by atoms with Crippen LogP contribution in [0.5, 0.6) is 5.88 Å². The number of aryl methyl sites for hydroxylation is 1. The van der Waals surface area contributed by atoms with Crippen molar-refractivity contribution in [3.05, 3.63) is 83.0 Å². The van der Waals surface area contributed by atoms with E-state index < -0.39 is 11.5 Å². The summed E-state index contributed by atoms with van der Waals surface area (Å²) >= 11 is 0. The highest BCUT2D eigenvalue weighted by Gasteiger charge is 2.48. The van der Waals surface area contributed by atoms with Crippen molar-refractivity contribution in [1.29, 1.82) is 0 Å². The number of carboxylic acid groups (broad SMARTS) is 1. The molecule has 0 atom stereocenters. The molecule has 1 aliphatic heterocycles. The number of nitrogens with zero attached hydrogens (tertiary/aromatic N) is 5. The fourth-order valence-corrected chi connectivity index (χ4v) is 5.76. The number of aromatic nitrogens is 4. The minimum Gasteiger partial charge on any atom is -0.481 e. The molecule has 0 radical (unpaired) electrons. The Morgan fingerprint density at radius 1 is 1.00 bits per heavy atom. The Hall–Kier alpha value is -5.19. The number of hydrogen-bond donors (Lipinski definition) is 1. The van der Waals surface area contributed by atoms with Crippen molar-refractivity contribution in [2.24, 2.45) is 7.05 Å². The number of carbonyl (C=O) groups excluding carboxylic acids is 1. The van der Waals surface area contributed by atoms with Gasteiger partial charge < -0.3 is 19.5 Å². The molecule has 1 fully saturated rings. The van der Waals surface area contributed by atoms with Crippen molar-refractivity contribution in [1.82, 2.24) is 24.0 Å². The van der Waals surface area contributed by atoms with Gasteiger partial charge in [-0.05, 0) is 48.4 Å². The molecule has 11 nitrogen and oxygen atoms in total. The summed E-state index contributed by atoms with van der Waals surface area (Å²) in [5, 5.41) is 10.2. The maximum Gasteiger partial charge on any atom is 0.407 e. The van der Waals surface area contributed by atoms with Gasteiger partial charge in [-0.3, -0.25) is 18.9 Å². The molecule has 0 saturated carbocycles. The maximum absolute atomic E-state index is 13.6. The molecule has 6 rings (SSSR count). The third-order valence-corrected chi connectivity index (χ3v) is 7.95. The second kappa shape index (κ2) is 10.3. The lowest BCUT2D eigenvalue weighted by Gasteiger charge is -2.48. The van der Waals surface area contributed by atoms with Crippen molar-refractivity contribution in [3.63, 3.8) is 0 Å². The van der Waals surface area contributed by atoms with Gasteiger partial charge in [-0.15, -0.1) is 0 Å². The summed E-state index contributed by atoms with van der Waals surface area (Å²) < 4.78 is 13.6. The molecule has 11 heteroatoms. The number of imidazole rings is 1. The van der Waals surface area contributed by atoms with Crippen LogP contribution in [0.1, 0.15) is 18.9 Å². The van der Waals surface area contributed by atoms with Gasteiger partial charge in [0.25, 0.3) is 0 Å². The number of benzene rings is 2. The third kappa shape index (κ3) is 4.43. The average Bonchev–Trinajstić information content (AvgIpc) is 3.24. The lowest BCUT2D eigenvalue weighted by atomic mass is 9.71. The highest BCUT2D eigenvalue weighted by Crippen LogP contribution is 2.39. The summed E-state index contributed by atoms with van der Waals surface area (Å²) in [5.74, 6) is 0.143. The predicted octanol–water partition coefficient (Wildman–Crippen LogP) is 4.13. The zero-order valence-corrected chi connectivity index (χ0v) is 23.4. The van der Waals surface area contributed by atoms with Gasteiger partial charge in [0.1, 0.15) is 0 Å². The highest BCUT2D eigenvalue weighted by molar-refractivity contribution is 6.04. The Bertz CT molecular complexity index is 1890. The monoisotopic (exact) mass is 567 g/mol. The number of hydrogen-bond acceptors (Lipinski definition) is 7. The van der Waals surface area contributed by atoms with E-state index in [1.807, 2.05) is 48.5 Å². The molecule has 3 aromatic heterocycles. The topological polar surface area (TPSA) is 129 Å². The summed E-state index contributed by atoms with van der Waals surface area (Å²) in [7, 11) is 3.28. The van der Waals surface area contributed by atoms with Crippen molar-refractivity contribution >= 4 is 34.0 Å². The molecule has 0 spiro atoms. The number of fused-ring (bicyclic) bond motifs is 3. The van der Waals surface area contributed by atoms with Crippen LogP contribution in [0.15, 0.2) is 71.8 Å². The number of methoxy groups -OCH3 is 1. The van der Waals surface area contributed by atoms with Crippen LogP contribution in [0, 0.1) is 0 Å². The third-order valence-electron chi connectivity index (χ3n) is 7.95. The molecule has 0 bridgehead atoms. The minimum absolute atomic E-state index is 0.0669. The van der Waals surface area contributed by atoms with Crippen LogP contribution in [-0.2, 0) is 22.0 Å². The number of amides is 1. The van der Waals surface area contributed by atoms with E-state index in [4.69, 9.17) is 9.47 Å². The van der Waals surface area contributed by atoms with Crippen LogP contribution in [0.25, 0.3) is 38.8 Å². The minimum atomic E-state index is -1.03. The molecule has 0 unspecified atom stereocenters. The fraction of sp³-hybridized carbons (Fsp3) is 0.258. The number of ether oxygens (including phenoxy) is 2. The first-order chi connectivity index (χ1) is 20.2. The molecule has 1 amide bonds. The number of carbonyl (C=O) groups is 2. The van der Waals surface area contributed by atoms with E-state index in [9.17, 15) is 19.5 Å². The number of esters is 1. The fourth-order valence-electron chi connectivity index (χ4n) is 5.76. The molecule has 5 aromatic rings. The van der Waals surface area contributed by atoms with E-state index in [1.165, 1.54) is 4.90 Å².